The first-order valence-electron chi connectivity index (χ1n) is 8.68. The molecule has 3 rings (SSSR count). The van der Waals surface area contributed by atoms with Gasteiger partial charge in [-0.2, -0.15) is 0 Å². The molecule has 0 radical (unpaired) electrons. The van der Waals surface area contributed by atoms with Crippen molar-refractivity contribution in [2.45, 2.75) is 63.5 Å². The molecule has 1 aromatic heterocycles. The molecule has 1 aliphatic carbocycles. The topological polar surface area (TPSA) is 65.5 Å². The summed E-state index contributed by atoms with van der Waals surface area (Å²) >= 11 is 1.82. The van der Waals surface area contributed by atoms with Crippen molar-refractivity contribution in [3.63, 3.8) is 0 Å². The van der Waals surface area contributed by atoms with Crippen LogP contribution in [-0.2, 0) is 11.3 Å². The van der Waals surface area contributed by atoms with E-state index in [1.54, 1.807) is 0 Å². The van der Waals surface area contributed by atoms with E-state index >= 15 is 0 Å². The molecule has 2 aliphatic rings. The van der Waals surface area contributed by atoms with Gasteiger partial charge in [0, 0.05) is 36.5 Å². The molecule has 128 valence electrons. The smallest absolute Gasteiger partial charge is 0.317 e. The Bertz CT molecular complexity index is 542. The zero-order valence-corrected chi connectivity index (χ0v) is 14.7. The van der Waals surface area contributed by atoms with Crippen LogP contribution in [0.2, 0.25) is 0 Å². The molecule has 1 saturated carbocycles. The van der Waals surface area contributed by atoms with Crippen LogP contribution in [0.3, 0.4) is 0 Å². The molecule has 2 N–H and O–H groups in total. The first-order valence-corrected chi connectivity index (χ1v) is 9.55. The fourth-order valence-electron chi connectivity index (χ4n) is 3.79. The predicted molar refractivity (Wildman–Crippen MR) is 91.9 cm³/mol. The zero-order chi connectivity index (χ0) is 16.3. The van der Waals surface area contributed by atoms with Crippen LogP contribution in [0.4, 0.5) is 0 Å². The lowest BCUT2D eigenvalue weighted by Crippen LogP contribution is -2.46. The molecule has 2 fully saturated rings. The Balaban J connectivity index is 1.52. The van der Waals surface area contributed by atoms with Crippen LogP contribution in [0.1, 0.15) is 62.1 Å². The molecule has 0 spiro atoms. The Morgan fingerprint density at radius 2 is 2.26 bits per heavy atom. The van der Waals surface area contributed by atoms with Crippen molar-refractivity contribution in [2.75, 3.05) is 19.6 Å². The highest BCUT2D eigenvalue weighted by molar-refractivity contribution is 7.09. The number of nitrogens with one attached hydrogen (secondary N) is 1. The standard InChI is InChI=1S/C17H27N3O2S/c1-17(18-9-15(21)22)7-8-20(12-17)10-14-11-23-16(19-14)13-5-3-2-4-6-13/h11,13,18H,2-10,12H2,1H3,(H,21,22)/t17-/m0/s1. The molecule has 0 aromatic carbocycles. The van der Waals surface area contributed by atoms with Gasteiger partial charge in [0.1, 0.15) is 0 Å². The molecule has 1 saturated heterocycles. The van der Waals surface area contributed by atoms with Gasteiger partial charge < -0.3 is 10.4 Å². The third-order valence-electron chi connectivity index (χ3n) is 5.13. The summed E-state index contributed by atoms with van der Waals surface area (Å²) in [6, 6.07) is 0. The number of likely N-dealkylation sites (tertiary alicyclic amines) is 1. The van der Waals surface area contributed by atoms with Crippen molar-refractivity contribution in [3.05, 3.63) is 16.1 Å². The second-order valence-electron chi connectivity index (χ2n) is 7.28. The molecule has 0 bridgehead atoms. The summed E-state index contributed by atoms with van der Waals surface area (Å²) in [6.07, 6.45) is 7.66. The van der Waals surface area contributed by atoms with Crippen molar-refractivity contribution in [2.24, 2.45) is 0 Å². The predicted octanol–water partition coefficient (Wildman–Crippen LogP) is 2.83. The molecule has 1 atom stereocenters. The molecular formula is C17H27N3O2S. The maximum absolute atomic E-state index is 10.7. The summed E-state index contributed by atoms with van der Waals surface area (Å²) in [4.78, 5) is 18.0. The third kappa shape index (κ3) is 4.52. The molecular weight excluding hydrogens is 310 g/mol. The van der Waals surface area contributed by atoms with Gasteiger partial charge in [-0.05, 0) is 26.2 Å². The molecule has 5 nitrogen and oxygen atoms in total. The second kappa shape index (κ2) is 7.28. The van der Waals surface area contributed by atoms with E-state index in [9.17, 15) is 4.79 Å². The highest BCUT2D eigenvalue weighted by Gasteiger charge is 2.34. The van der Waals surface area contributed by atoms with E-state index in [1.165, 1.54) is 42.8 Å². The number of carboxylic acids is 1. The monoisotopic (exact) mass is 337 g/mol. The van der Waals surface area contributed by atoms with E-state index in [0.29, 0.717) is 5.92 Å². The molecule has 6 heteroatoms. The van der Waals surface area contributed by atoms with Gasteiger partial charge in [-0.3, -0.25) is 9.69 Å². The number of aromatic nitrogens is 1. The van der Waals surface area contributed by atoms with E-state index < -0.39 is 5.97 Å². The van der Waals surface area contributed by atoms with Gasteiger partial charge in [0.05, 0.1) is 17.2 Å². The zero-order valence-electron chi connectivity index (χ0n) is 13.9. The Morgan fingerprint density at radius 1 is 1.48 bits per heavy atom. The number of carboxylic acid groups (broad SMARTS) is 1. The number of aliphatic carboxylic acids is 1. The van der Waals surface area contributed by atoms with Gasteiger partial charge in [-0.25, -0.2) is 4.98 Å². The van der Waals surface area contributed by atoms with Crippen LogP contribution in [0.25, 0.3) is 0 Å². The van der Waals surface area contributed by atoms with Crippen molar-refractivity contribution in [1.82, 2.24) is 15.2 Å². The van der Waals surface area contributed by atoms with Gasteiger partial charge in [0.15, 0.2) is 0 Å². The Labute approximate surface area is 142 Å². The Hall–Kier alpha value is -0.980. The van der Waals surface area contributed by atoms with E-state index in [-0.39, 0.29) is 12.1 Å². The van der Waals surface area contributed by atoms with Gasteiger partial charge in [-0.1, -0.05) is 19.3 Å². The summed E-state index contributed by atoms with van der Waals surface area (Å²) in [6.45, 7) is 4.92. The van der Waals surface area contributed by atoms with Gasteiger partial charge in [0.25, 0.3) is 0 Å². The van der Waals surface area contributed by atoms with Crippen LogP contribution in [0.5, 0.6) is 0 Å². The summed E-state index contributed by atoms with van der Waals surface area (Å²) in [5, 5.41) is 15.5. The van der Waals surface area contributed by atoms with Gasteiger partial charge >= 0.3 is 5.97 Å². The van der Waals surface area contributed by atoms with Crippen LogP contribution < -0.4 is 5.32 Å². The van der Waals surface area contributed by atoms with E-state index in [0.717, 1.165) is 26.1 Å². The SMILES string of the molecule is C[C@]1(NCC(=O)O)CCN(Cc2csc(C3CCCCC3)n2)C1. The number of hydrogen-bond donors (Lipinski definition) is 2. The first-order chi connectivity index (χ1) is 11.0. The lowest BCUT2D eigenvalue weighted by atomic mass is 9.90. The molecule has 0 amide bonds. The average Bonchev–Trinajstić information content (AvgIpc) is 3.14. The van der Waals surface area contributed by atoms with Crippen molar-refractivity contribution >= 4 is 17.3 Å². The number of thiazole rings is 1. The summed E-state index contributed by atoms with van der Waals surface area (Å²) in [7, 11) is 0. The average molecular weight is 337 g/mol. The van der Waals surface area contributed by atoms with Crippen LogP contribution in [0.15, 0.2) is 5.38 Å². The maximum atomic E-state index is 10.7. The Kier molecular flexibility index (Phi) is 5.34. The fraction of sp³-hybridized carbons (Fsp3) is 0.765. The van der Waals surface area contributed by atoms with Gasteiger partial charge in [-0.15, -0.1) is 11.3 Å². The van der Waals surface area contributed by atoms with Crippen molar-refractivity contribution in [1.29, 1.82) is 0 Å². The molecule has 23 heavy (non-hydrogen) atoms. The quantitative estimate of drug-likeness (QED) is 0.835. The van der Waals surface area contributed by atoms with E-state index in [4.69, 9.17) is 10.1 Å². The highest BCUT2D eigenvalue weighted by Crippen LogP contribution is 2.34. The lowest BCUT2D eigenvalue weighted by Gasteiger charge is -2.25. The van der Waals surface area contributed by atoms with Crippen molar-refractivity contribution in [3.8, 4) is 0 Å². The minimum atomic E-state index is -0.790. The molecule has 2 heterocycles. The lowest BCUT2D eigenvalue weighted by molar-refractivity contribution is -0.136. The van der Waals surface area contributed by atoms with Crippen molar-refractivity contribution < 1.29 is 9.90 Å². The maximum Gasteiger partial charge on any atom is 0.317 e. The molecule has 1 aliphatic heterocycles. The number of hydrogen-bond acceptors (Lipinski definition) is 5. The summed E-state index contributed by atoms with van der Waals surface area (Å²) in [5.41, 5.74) is 1.08. The van der Waals surface area contributed by atoms with Crippen LogP contribution in [0, 0.1) is 0 Å². The van der Waals surface area contributed by atoms with Crippen LogP contribution in [-0.4, -0.2) is 46.1 Å². The Morgan fingerprint density at radius 3 is 3.00 bits per heavy atom. The minimum absolute atomic E-state index is 0.0346. The van der Waals surface area contributed by atoms with Gasteiger partial charge in [0.2, 0.25) is 0 Å². The second-order valence-corrected chi connectivity index (χ2v) is 8.17. The summed E-state index contributed by atoms with van der Waals surface area (Å²) in [5.74, 6) is -0.107. The first kappa shape index (κ1) is 16.9. The third-order valence-corrected chi connectivity index (χ3v) is 6.18. The highest BCUT2D eigenvalue weighted by atomic mass is 32.1. The summed E-state index contributed by atoms with van der Waals surface area (Å²) < 4.78 is 0. The number of carbonyl (C=O) groups is 1. The van der Waals surface area contributed by atoms with E-state index in [1.807, 2.05) is 11.3 Å². The number of nitrogens with zero attached hydrogens (tertiary/aromatic N) is 2. The van der Waals surface area contributed by atoms with E-state index in [2.05, 4.69) is 22.5 Å². The minimum Gasteiger partial charge on any atom is -0.480 e. The molecule has 1 aromatic rings. The fourth-order valence-corrected chi connectivity index (χ4v) is 4.77. The van der Waals surface area contributed by atoms with Crippen LogP contribution >= 0.6 is 11.3 Å². The molecule has 0 unspecified atom stereocenters. The normalized spacial score (nSPS) is 26.7. The largest absolute Gasteiger partial charge is 0.480 e. The number of rotatable bonds is 6.